The fourth-order valence-electron chi connectivity index (χ4n) is 2.44. The summed E-state index contributed by atoms with van der Waals surface area (Å²) < 4.78 is 7.16. The molecule has 0 spiro atoms. The molecule has 0 unspecified atom stereocenters. The van der Waals surface area contributed by atoms with Crippen LogP contribution < -0.4 is 5.56 Å². The molecule has 3 aromatic heterocycles. The first-order valence-corrected chi connectivity index (χ1v) is 8.04. The Morgan fingerprint density at radius 2 is 2.09 bits per heavy atom. The minimum atomic E-state index is -0.0565. The van der Waals surface area contributed by atoms with Crippen molar-refractivity contribution in [2.75, 3.05) is 0 Å². The van der Waals surface area contributed by atoms with E-state index >= 15 is 0 Å². The SMILES string of the molecule is Cc1ccc(-c2nc(Cn3cnc4ccccc4c3=O)cs2)o1. The summed E-state index contributed by atoms with van der Waals surface area (Å²) in [5, 5.41) is 3.37. The molecule has 0 aliphatic rings. The summed E-state index contributed by atoms with van der Waals surface area (Å²) in [5.74, 6) is 1.61. The molecule has 0 atom stereocenters. The van der Waals surface area contributed by atoms with Gasteiger partial charge in [-0.2, -0.15) is 0 Å². The van der Waals surface area contributed by atoms with Gasteiger partial charge in [0.25, 0.3) is 5.56 Å². The van der Waals surface area contributed by atoms with E-state index in [0.717, 1.165) is 22.2 Å². The van der Waals surface area contributed by atoms with Crippen LogP contribution in [0.1, 0.15) is 11.5 Å². The third-order valence-corrected chi connectivity index (χ3v) is 4.47. The van der Waals surface area contributed by atoms with Gasteiger partial charge in [-0.3, -0.25) is 9.36 Å². The average molecular weight is 323 g/mol. The highest BCUT2D eigenvalue weighted by molar-refractivity contribution is 7.13. The number of aryl methyl sites for hydroxylation is 1. The van der Waals surface area contributed by atoms with Gasteiger partial charge in [0, 0.05) is 5.38 Å². The van der Waals surface area contributed by atoms with Crippen molar-refractivity contribution in [2.45, 2.75) is 13.5 Å². The molecular weight excluding hydrogens is 310 g/mol. The molecule has 23 heavy (non-hydrogen) atoms. The second-order valence-corrected chi connectivity index (χ2v) is 6.11. The van der Waals surface area contributed by atoms with E-state index in [1.165, 1.54) is 11.3 Å². The summed E-state index contributed by atoms with van der Waals surface area (Å²) >= 11 is 1.50. The lowest BCUT2D eigenvalue weighted by atomic mass is 10.2. The molecular formula is C17H13N3O2S. The normalized spacial score (nSPS) is 11.2. The van der Waals surface area contributed by atoms with E-state index in [9.17, 15) is 4.79 Å². The van der Waals surface area contributed by atoms with Crippen molar-refractivity contribution in [3.8, 4) is 10.8 Å². The number of benzene rings is 1. The quantitative estimate of drug-likeness (QED) is 0.579. The van der Waals surface area contributed by atoms with Crippen LogP contribution in [0, 0.1) is 6.92 Å². The number of aromatic nitrogens is 3. The number of hydrogen-bond acceptors (Lipinski definition) is 5. The smallest absolute Gasteiger partial charge is 0.261 e. The molecule has 4 rings (SSSR count). The second-order valence-electron chi connectivity index (χ2n) is 5.25. The Morgan fingerprint density at radius 1 is 1.22 bits per heavy atom. The van der Waals surface area contributed by atoms with Crippen LogP contribution in [0.5, 0.6) is 0 Å². The standard InChI is InChI=1S/C17H13N3O2S/c1-11-6-7-15(22-11)16-19-12(9-23-16)8-20-10-18-14-5-3-2-4-13(14)17(20)21/h2-7,9-10H,8H2,1H3. The Balaban J connectivity index is 1.67. The van der Waals surface area contributed by atoms with Gasteiger partial charge in [0.2, 0.25) is 0 Å². The Hall–Kier alpha value is -2.73. The van der Waals surface area contributed by atoms with Crippen molar-refractivity contribution in [3.63, 3.8) is 0 Å². The van der Waals surface area contributed by atoms with Gasteiger partial charge in [-0.15, -0.1) is 11.3 Å². The van der Waals surface area contributed by atoms with Gasteiger partial charge in [-0.1, -0.05) is 12.1 Å². The molecule has 1 aromatic carbocycles. The molecule has 4 aromatic rings. The zero-order valence-electron chi connectivity index (χ0n) is 12.4. The Labute approximate surface area is 135 Å². The molecule has 0 saturated carbocycles. The predicted octanol–water partition coefficient (Wildman–Crippen LogP) is 3.47. The molecule has 0 radical (unpaired) electrons. The molecule has 0 amide bonds. The van der Waals surface area contributed by atoms with Gasteiger partial charge in [0.1, 0.15) is 5.76 Å². The number of rotatable bonds is 3. The van der Waals surface area contributed by atoms with Crippen LogP contribution in [0.15, 0.2) is 57.3 Å². The van der Waals surface area contributed by atoms with Gasteiger partial charge in [-0.05, 0) is 31.2 Å². The van der Waals surface area contributed by atoms with Crippen molar-refractivity contribution < 1.29 is 4.42 Å². The minimum absolute atomic E-state index is 0.0565. The molecule has 3 heterocycles. The number of nitrogens with zero attached hydrogens (tertiary/aromatic N) is 3. The molecule has 6 heteroatoms. The van der Waals surface area contributed by atoms with E-state index in [1.54, 1.807) is 17.0 Å². The summed E-state index contributed by atoms with van der Waals surface area (Å²) in [6, 6.07) is 11.2. The first-order chi connectivity index (χ1) is 11.2. The number of hydrogen-bond donors (Lipinski definition) is 0. The summed E-state index contributed by atoms with van der Waals surface area (Å²) in [5.41, 5.74) is 1.47. The van der Waals surface area contributed by atoms with Crippen LogP contribution >= 0.6 is 11.3 Å². The predicted molar refractivity (Wildman–Crippen MR) is 89.7 cm³/mol. The van der Waals surface area contributed by atoms with E-state index in [0.29, 0.717) is 17.4 Å². The Bertz CT molecular complexity index is 1050. The van der Waals surface area contributed by atoms with E-state index in [-0.39, 0.29) is 5.56 Å². The number of furan rings is 1. The van der Waals surface area contributed by atoms with Gasteiger partial charge in [0.15, 0.2) is 10.8 Å². The lowest BCUT2D eigenvalue weighted by Gasteiger charge is -2.04. The molecule has 5 nitrogen and oxygen atoms in total. The largest absolute Gasteiger partial charge is 0.459 e. The van der Waals surface area contributed by atoms with E-state index in [4.69, 9.17) is 4.42 Å². The molecule has 0 bridgehead atoms. The summed E-state index contributed by atoms with van der Waals surface area (Å²) in [7, 11) is 0. The first kappa shape index (κ1) is 13.9. The van der Waals surface area contributed by atoms with E-state index < -0.39 is 0 Å². The van der Waals surface area contributed by atoms with Crippen molar-refractivity contribution in [1.29, 1.82) is 0 Å². The summed E-state index contributed by atoms with van der Waals surface area (Å²) in [4.78, 5) is 21.4. The van der Waals surface area contributed by atoms with Gasteiger partial charge < -0.3 is 4.42 Å². The maximum absolute atomic E-state index is 12.5. The lowest BCUT2D eigenvalue weighted by molar-refractivity contribution is 0.547. The third kappa shape index (κ3) is 2.57. The monoisotopic (exact) mass is 323 g/mol. The van der Waals surface area contributed by atoms with Crippen LogP contribution in [0.3, 0.4) is 0 Å². The van der Waals surface area contributed by atoms with Crippen LogP contribution in [0.2, 0.25) is 0 Å². The molecule has 0 aliphatic heterocycles. The lowest BCUT2D eigenvalue weighted by Crippen LogP contribution is -2.21. The maximum atomic E-state index is 12.5. The maximum Gasteiger partial charge on any atom is 0.261 e. The van der Waals surface area contributed by atoms with Crippen LogP contribution in [-0.2, 0) is 6.54 Å². The molecule has 0 fully saturated rings. The van der Waals surface area contributed by atoms with Gasteiger partial charge in [0.05, 0.1) is 29.5 Å². The van der Waals surface area contributed by atoms with Crippen LogP contribution in [0.25, 0.3) is 21.7 Å². The van der Waals surface area contributed by atoms with Gasteiger partial charge >= 0.3 is 0 Å². The topological polar surface area (TPSA) is 60.9 Å². The zero-order chi connectivity index (χ0) is 15.8. The highest BCUT2D eigenvalue weighted by atomic mass is 32.1. The fourth-order valence-corrected chi connectivity index (χ4v) is 3.21. The average Bonchev–Trinajstić information content (AvgIpc) is 3.19. The minimum Gasteiger partial charge on any atom is -0.459 e. The number of fused-ring (bicyclic) bond motifs is 1. The highest BCUT2D eigenvalue weighted by Gasteiger charge is 2.10. The first-order valence-electron chi connectivity index (χ1n) is 7.16. The van der Waals surface area contributed by atoms with Crippen molar-refractivity contribution >= 4 is 22.2 Å². The molecule has 0 saturated heterocycles. The molecule has 0 aliphatic carbocycles. The third-order valence-electron chi connectivity index (χ3n) is 3.57. The Kier molecular flexibility index (Phi) is 3.31. The molecule has 0 N–H and O–H groups in total. The van der Waals surface area contributed by atoms with Crippen molar-refractivity contribution in [3.05, 3.63) is 69.9 Å². The molecule has 114 valence electrons. The summed E-state index contributed by atoms with van der Waals surface area (Å²) in [6.07, 6.45) is 1.57. The van der Waals surface area contributed by atoms with E-state index in [2.05, 4.69) is 9.97 Å². The van der Waals surface area contributed by atoms with Crippen molar-refractivity contribution in [2.24, 2.45) is 0 Å². The number of thiazole rings is 1. The van der Waals surface area contributed by atoms with Crippen LogP contribution in [0.4, 0.5) is 0 Å². The number of para-hydroxylation sites is 1. The summed E-state index contributed by atoms with van der Waals surface area (Å²) in [6.45, 7) is 2.30. The van der Waals surface area contributed by atoms with E-state index in [1.807, 2.05) is 42.6 Å². The second kappa shape index (κ2) is 5.48. The van der Waals surface area contributed by atoms with Gasteiger partial charge in [-0.25, -0.2) is 9.97 Å². The van der Waals surface area contributed by atoms with Crippen LogP contribution in [-0.4, -0.2) is 14.5 Å². The van der Waals surface area contributed by atoms with Crippen molar-refractivity contribution in [1.82, 2.24) is 14.5 Å². The Morgan fingerprint density at radius 3 is 2.91 bits per heavy atom. The highest BCUT2D eigenvalue weighted by Crippen LogP contribution is 2.25. The fraction of sp³-hybridized carbons (Fsp3) is 0.118. The zero-order valence-corrected chi connectivity index (χ0v) is 13.2.